The van der Waals surface area contributed by atoms with E-state index in [2.05, 4.69) is 6.07 Å². The van der Waals surface area contributed by atoms with Crippen LogP contribution in [0.1, 0.15) is 37.3 Å². The lowest BCUT2D eigenvalue weighted by Crippen LogP contribution is -2.31. The molecule has 2 fully saturated rings. The van der Waals surface area contributed by atoms with Gasteiger partial charge in [-0.15, -0.1) is 0 Å². The smallest absolute Gasteiger partial charge is 0.457 e. The Morgan fingerprint density at radius 1 is 1.48 bits per heavy atom. The monoisotopic (exact) mass is 285 g/mol. The summed E-state index contributed by atoms with van der Waals surface area (Å²) in [6, 6.07) is 7.90. The fourth-order valence-corrected chi connectivity index (χ4v) is 3.50. The van der Waals surface area contributed by atoms with Crippen LogP contribution in [0.2, 0.25) is 5.82 Å². The number of rotatable bonds is 3. The lowest BCUT2D eigenvalue weighted by molar-refractivity contribution is 0.119. The summed E-state index contributed by atoms with van der Waals surface area (Å²) >= 11 is 0. The molecule has 3 atom stereocenters. The van der Waals surface area contributed by atoms with Crippen LogP contribution < -0.4 is 4.74 Å². The predicted molar refractivity (Wildman–Crippen MR) is 80.0 cm³/mol. The van der Waals surface area contributed by atoms with Gasteiger partial charge < -0.3 is 14.4 Å². The van der Waals surface area contributed by atoms with E-state index < -0.39 is 7.12 Å². The number of fused-ring (bicyclic) bond motifs is 1. The Hall–Kier alpha value is -1.51. The van der Waals surface area contributed by atoms with Gasteiger partial charge in [0.15, 0.2) is 0 Å². The minimum atomic E-state index is -0.586. The van der Waals surface area contributed by atoms with Gasteiger partial charge in [0.1, 0.15) is 5.75 Å². The molecule has 5 heteroatoms. The molecule has 3 rings (SSSR count). The maximum Gasteiger partial charge on any atom is 0.457 e. The van der Waals surface area contributed by atoms with Crippen LogP contribution in [-0.4, -0.2) is 24.9 Å². The zero-order valence-corrected chi connectivity index (χ0v) is 12.3. The van der Waals surface area contributed by atoms with E-state index in [0.29, 0.717) is 12.5 Å². The fourth-order valence-electron chi connectivity index (χ4n) is 3.50. The van der Waals surface area contributed by atoms with Gasteiger partial charge in [0.2, 0.25) is 0 Å². The third-order valence-electron chi connectivity index (χ3n) is 4.72. The molecule has 1 aromatic rings. The number of nitrogens with zero attached hydrogens (tertiary/aromatic N) is 1. The summed E-state index contributed by atoms with van der Waals surface area (Å²) in [7, 11) is -0.586. The van der Waals surface area contributed by atoms with Crippen LogP contribution >= 0.6 is 0 Å². The van der Waals surface area contributed by atoms with Crippen molar-refractivity contribution >= 4 is 7.12 Å². The molecule has 0 radical (unpaired) electrons. The Labute approximate surface area is 125 Å². The molecule has 2 aliphatic rings. The second kappa shape index (κ2) is 6.09. The highest BCUT2D eigenvalue weighted by Crippen LogP contribution is 2.42. The summed E-state index contributed by atoms with van der Waals surface area (Å²) < 4.78 is 11.4. The highest BCUT2D eigenvalue weighted by atomic mass is 16.5. The normalized spacial score (nSPS) is 28.0. The number of hydrogen-bond donors (Lipinski definition) is 1. The molecule has 1 aromatic carbocycles. The molecule has 0 spiro atoms. The molecule has 1 saturated heterocycles. The first-order valence-electron chi connectivity index (χ1n) is 7.70. The quantitative estimate of drug-likeness (QED) is 0.867. The van der Waals surface area contributed by atoms with Gasteiger partial charge in [0, 0.05) is 6.61 Å². The van der Waals surface area contributed by atoms with Gasteiger partial charge in [-0.05, 0) is 61.2 Å². The zero-order chi connectivity index (χ0) is 14.8. The van der Waals surface area contributed by atoms with Crippen LogP contribution in [0.4, 0.5) is 0 Å². The van der Waals surface area contributed by atoms with E-state index in [0.717, 1.165) is 42.6 Å². The van der Waals surface area contributed by atoms with Crippen molar-refractivity contribution < 1.29 is 14.4 Å². The fraction of sp³-hybridized carbons (Fsp3) is 0.562. The number of nitriles is 1. The number of ether oxygens (including phenoxy) is 1. The van der Waals surface area contributed by atoms with Crippen LogP contribution in [0.25, 0.3) is 0 Å². The van der Waals surface area contributed by atoms with Gasteiger partial charge in [-0.25, -0.2) is 0 Å². The van der Waals surface area contributed by atoms with E-state index in [1.54, 1.807) is 0 Å². The van der Waals surface area contributed by atoms with Gasteiger partial charge in [0.05, 0.1) is 17.7 Å². The van der Waals surface area contributed by atoms with Crippen molar-refractivity contribution in [1.82, 2.24) is 0 Å². The first-order valence-corrected chi connectivity index (χ1v) is 7.70. The third-order valence-corrected chi connectivity index (χ3v) is 4.72. The van der Waals surface area contributed by atoms with Crippen LogP contribution in [0.15, 0.2) is 18.2 Å². The maximum atomic E-state index is 9.73. The Morgan fingerprint density at radius 2 is 2.33 bits per heavy atom. The van der Waals surface area contributed by atoms with Crippen molar-refractivity contribution in [2.45, 2.75) is 44.5 Å². The zero-order valence-electron chi connectivity index (χ0n) is 12.3. The minimum Gasteiger partial charge on any atom is -0.490 e. The van der Waals surface area contributed by atoms with E-state index in [1.165, 1.54) is 0 Å². The predicted octanol–water partition coefficient (Wildman–Crippen LogP) is 2.55. The van der Waals surface area contributed by atoms with Gasteiger partial charge in [-0.1, -0.05) is 6.92 Å². The van der Waals surface area contributed by atoms with Crippen molar-refractivity contribution in [3.8, 4) is 11.8 Å². The minimum absolute atomic E-state index is 0.179. The van der Waals surface area contributed by atoms with Gasteiger partial charge in [-0.2, -0.15) is 5.26 Å². The average Bonchev–Trinajstić information content (AvgIpc) is 2.88. The maximum absolute atomic E-state index is 9.73. The third kappa shape index (κ3) is 2.92. The second-order valence-electron chi connectivity index (χ2n) is 5.99. The molecule has 1 aliphatic heterocycles. The molecular formula is C16H20BNO3. The Balaban J connectivity index is 1.66. The first kappa shape index (κ1) is 14.4. The molecule has 4 nitrogen and oxygen atoms in total. The van der Waals surface area contributed by atoms with E-state index in [-0.39, 0.29) is 11.9 Å². The van der Waals surface area contributed by atoms with Crippen molar-refractivity contribution in [1.29, 1.82) is 5.26 Å². The Morgan fingerprint density at radius 3 is 3.10 bits per heavy atom. The van der Waals surface area contributed by atoms with Crippen molar-refractivity contribution in [3.63, 3.8) is 0 Å². The molecule has 1 heterocycles. The second-order valence-corrected chi connectivity index (χ2v) is 5.99. The molecule has 0 amide bonds. The molecule has 1 N–H and O–H groups in total. The number of benzene rings is 1. The topological polar surface area (TPSA) is 62.5 Å². The highest BCUT2D eigenvalue weighted by Gasteiger charge is 2.44. The van der Waals surface area contributed by atoms with Crippen molar-refractivity contribution in [2.24, 2.45) is 5.92 Å². The standard InChI is InChI=1S/C16H20BNO3/c1-2-11-7-14(4-3-12(11)9-18)21-15-5-6-16-13(8-15)10-20-17(16)19/h3-4,7,13,15-16,19H,2,5-6,8,10H2,1H3. The molecule has 0 aromatic heterocycles. The molecule has 110 valence electrons. The van der Waals surface area contributed by atoms with E-state index in [9.17, 15) is 5.02 Å². The van der Waals surface area contributed by atoms with E-state index in [1.807, 2.05) is 25.1 Å². The lowest BCUT2D eigenvalue weighted by atomic mass is 9.62. The summed E-state index contributed by atoms with van der Waals surface area (Å²) in [4.78, 5) is 0. The summed E-state index contributed by atoms with van der Waals surface area (Å²) in [5.74, 6) is 1.52. The summed E-state index contributed by atoms with van der Waals surface area (Å²) in [5, 5.41) is 18.8. The van der Waals surface area contributed by atoms with Gasteiger partial charge in [0.25, 0.3) is 0 Å². The lowest BCUT2D eigenvalue weighted by Gasteiger charge is -2.31. The van der Waals surface area contributed by atoms with Crippen molar-refractivity contribution in [2.75, 3.05) is 6.61 Å². The summed E-state index contributed by atoms with van der Waals surface area (Å²) in [5.41, 5.74) is 1.75. The van der Waals surface area contributed by atoms with Crippen LogP contribution in [0.3, 0.4) is 0 Å². The number of hydrogen-bond acceptors (Lipinski definition) is 4. The first-order chi connectivity index (χ1) is 10.2. The molecule has 21 heavy (non-hydrogen) atoms. The molecular weight excluding hydrogens is 265 g/mol. The number of aryl methyl sites for hydroxylation is 1. The Kier molecular flexibility index (Phi) is 4.18. The Bertz CT molecular complexity index is 557. The average molecular weight is 285 g/mol. The summed E-state index contributed by atoms with van der Waals surface area (Å²) in [6.07, 6.45) is 3.84. The molecule has 0 bridgehead atoms. The molecule has 1 saturated carbocycles. The SMILES string of the molecule is CCc1cc(OC2CCC3B(O)OCC3C2)ccc1C#N. The van der Waals surface area contributed by atoms with Crippen molar-refractivity contribution in [3.05, 3.63) is 29.3 Å². The van der Waals surface area contributed by atoms with Gasteiger partial charge in [-0.3, -0.25) is 0 Å². The molecule has 3 unspecified atom stereocenters. The summed E-state index contributed by atoms with van der Waals surface area (Å²) in [6.45, 7) is 2.68. The molecule has 1 aliphatic carbocycles. The van der Waals surface area contributed by atoms with E-state index >= 15 is 0 Å². The van der Waals surface area contributed by atoms with Crippen LogP contribution in [0.5, 0.6) is 5.75 Å². The van der Waals surface area contributed by atoms with Crippen LogP contribution in [-0.2, 0) is 11.1 Å². The van der Waals surface area contributed by atoms with E-state index in [4.69, 9.17) is 14.7 Å². The van der Waals surface area contributed by atoms with Crippen LogP contribution in [0, 0.1) is 17.2 Å². The largest absolute Gasteiger partial charge is 0.490 e. The van der Waals surface area contributed by atoms with Gasteiger partial charge >= 0.3 is 7.12 Å². The highest BCUT2D eigenvalue weighted by molar-refractivity contribution is 6.45.